The number of hydrogen-bond donors (Lipinski definition) is 2. The van der Waals surface area contributed by atoms with E-state index in [0.717, 1.165) is 30.9 Å². The number of guanidine groups is 1. The van der Waals surface area contributed by atoms with Crippen molar-refractivity contribution in [3.8, 4) is 0 Å². The summed E-state index contributed by atoms with van der Waals surface area (Å²) in [7, 11) is 1.87. The number of rotatable bonds is 6. The second-order valence-corrected chi connectivity index (χ2v) is 8.01. The third-order valence-corrected chi connectivity index (χ3v) is 6.05. The Morgan fingerprint density at radius 1 is 1.29 bits per heavy atom. The molecule has 1 aromatic heterocycles. The Labute approximate surface area is 167 Å². The number of nitrogens with zero attached hydrogens (tertiary/aromatic N) is 2. The van der Waals surface area contributed by atoms with Crippen LogP contribution < -0.4 is 10.6 Å². The van der Waals surface area contributed by atoms with Crippen molar-refractivity contribution >= 4 is 41.3 Å². The van der Waals surface area contributed by atoms with Crippen LogP contribution in [0.25, 0.3) is 0 Å². The second-order valence-electron chi connectivity index (χ2n) is 7.03. The lowest BCUT2D eigenvalue weighted by Crippen LogP contribution is -2.45. The van der Waals surface area contributed by atoms with Crippen LogP contribution in [0.3, 0.4) is 0 Å². The highest BCUT2D eigenvalue weighted by Gasteiger charge is 2.26. The minimum absolute atomic E-state index is 0. The fourth-order valence-electron chi connectivity index (χ4n) is 3.21. The van der Waals surface area contributed by atoms with Gasteiger partial charge in [-0.1, -0.05) is 13.0 Å². The smallest absolute Gasteiger partial charge is 0.191 e. The predicted molar refractivity (Wildman–Crippen MR) is 115 cm³/mol. The van der Waals surface area contributed by atoms with Crippen molar-refractivity contribution in [1.29, 1.82) is 0 Å². The van der Waals surface area contributed by atoms with Crippen LogP contribution in [0.4, 0.5) is 0 Å². The van der Waals surface area contributed by atoms with Gasteiger partial charge in [0.25, 0.3) is 0 Å². The molecule has 1 atom stereocenters. The molecule has 0 spiro atoms. The molecule has 0 bridgehead atoms. The van der Waals surface area contributed by atoms with Gasteiger partial charge in [0.15, 0.2) is 5.96 Å². The minimum Gasteiger partial charge on any atom is -0.356 e. The molecule has 1 saturated heterocycles. The molecule has 6 heteroatoms. The molecule has 4 nitrogen and oxygen atoms in total. The highest BCUT2D eigenvalue weighted by Crippen LogP contribution is 2.29. The van der Waals surface area contributed by atoms with Gasteiger partial charge < -0.3 is 10.6 Å². The Morgan fingerprint density at radius 2 is 2.04 bits per heavy atom. The highest BCUT2D eigenvalue weighted by atomic mass is 127. The monoisotopic (exact) mass is 462 g/mol. The standard InChI is InChI=1S/C18H30N4S.HI/c1-14-7-9-22(10-8-14)16(17-4-3-11-23-17)13-21-18(19-2)20-12-15-5-6-15;/h3-4,11,14-16H,5-10,12-13H2,1-2H3,(H2,19,20,21);1H. The fraction of sp³-hybridized carbons (Fsp3) is 0.722. The zero-order valence-corrected chi connectivity index (χ0v) is 18.0. The van der Waals surface area contributed by atoms with E-state index in [1.807, 2.05) is 18.4 Å². The molecule has 0 radical (unpaired) electrons. The lowest BCUT2D eigenvalue weighted by molar-refractivity contribution is 0.140. The molecule has 2 fully saturated rings. The van der Waals surface area contributed by atoms with E-state index < -0.39 is 0 Å². The number of piperidine rings is 1. The molecular formula is C18H31IN4S. The minimum atomic E-state index is 0. The second kappa shape index (κ2) is 9.97. The van der Waals surface area contributed by atoms with E-state index in [-0.39, 0.29) is 24.0 Å². The van der Waals surface area contributed by atoms with Gasteiger partial charge in [-0.15, -0.1) is 35.3 Å². The Kier molecular flexibility index (Phi) is 8.30. The Bertz CT molecular complexity index is 493. The summed E-state index contributed by atoms with van der Waals surface area (Å²) >= 11 is 1.87. The van der Waals surface area contributed by atoms with E-state index in [1.165, 1.54) is 43.6 Å². The molecule has 1 aliphatic carbocycles. The quantitative estimate of drug-likeness (QED) is 0.385. The first kappa shape index (κ1) is 20.0. The van der Waals surface area contributed by atoms with Gasteiger partial charge in [0.05, 0.1) is 6.04 Å². The number of hydrogen-bond acceptors (Lipinski definition) is 3. The summed E-state index contributed by atoms with van der Waals surface area (Å²) in [6, 6.07) is 4.90. The number of aliphatic imine (C=N–C) groups is 1. The molecule has 1 unspecified atom stereocenters. The molecule has 2 N–H and O–H groups in total. The number of nitrogens with one attached hydrogen (secondary N) is 2. The van der Waals surface area contributed by atoms with Gasteiger partial charge in [-0.05, 0) is 62.1 Å². The molecule has 2 heterocycles. The lowest BCUT2D eigenvalue weighted by Gasteiger charge is -2.36. The predicted octanol–water partition coefficient (Wildman–Crippen LogP) is 3.71. The maximum atomic E-state index is 4.38. The molecule has 3 rings (SSSR count). The van der Waals surface area contributed by atoms with Crippen LogP contribution in [0, 0.1) is 11.8 Å². The van der Waals surface area contributed by atoms with E-state index >= 15 is 0 Å². The van der Waals surface area contributed by atoms with Gasteiger partial charge in [0, 0.05) is 25.0 Å². The largest absolute Gasteiger partial charge is 0.356 e. The summed E-state index contributed by atoms with van der Waals surface area (Å²) < 4.78 is 0. The first-order chi connectivity index (χ1) is 11.3. The summed E-state index contributed by atoms with van der Waals surface area (Å²) in [5.74, 6) is 2.69. The molecule has 2 aliphatic rings. The van der Waals surface area contributed by atoms with Crippen molar-refractivity contribution in [1.82, 2.24) is 15.5 Å². The van der Waals surface area contributed by atoms with Crippen molar-refractivity contribution in [2.24, 2.45) is 16.8 Å². The van der Waals surface area contributed by atoms with Crippen molar-refractivity contribution in [3.63, 3.8) is 0 Å². The van der Waals surface area contributed by atoms with Crippen LogP contribution in [0.1, 0.15) is 43.5 Å². The summed E-state index contributed by atoms with van der Waals surface area (Å²) in [5, 5.41) is 9.21. The van der Waals surface area contributed by atoms with Crippen LogP contribution in [0.5, 0.6) is 0 Å². The Hall–Kier alpha value is -0.340. The first-order valence-corrected chi connectivity index (χ1v) is 9.86. The van der Waals surface area contributed by atoms with Crippen LogP contribution >= 0.6 is 35.3 Å². The van der Waals surface area contributed by atoms with Gasteiger partial charge in [-0.3, -0.25) is 9.89 Å². The maximum absolute atomic E-state index is 4.38. The lowest BCUT2D eigenvalue weighted by atomic mass is 9.97. The Morgan fingerprint density at radius 3 is 2.62 bits per heavy atom. The van der Waals surface area contributed by atoms with Gasteiger partial charge >= 0.3 is 0 Å². The highest BCUT2D eigenvalue weighted by molar-refractivity contribution is 14.0. The number of likely N-dealkylation sites (tertiary alicyclic amines) is 1. The average Bonchev–Trinajstić information content (AvgIpc) is 3.24. The van der Waals surface area contributed by atoms with Gasteiger partial charge in [-0.25, -0.2) is 0 Å². The zero-order chi connectivity index (χ0) is 16.1. The molecule has 1 aromatic rings. The van der Waals surface area contributed by atoms with Crippen LogP contribution in [-0.4, -0.2) is 44.1 Å². The molecule has 0 aromatic carbocycles. The van der Waals surface area contributed by atoms with Crippen molar-refractivity contribution < 1.29 is 0 Å². The third kappa shape index (κ3) is 5.88. The van der Waals surface area contributed by atoms with Gasteiger partial charge in [0.1, 0.15) is 0 Å². The summed E-state index contributed by atoms with van der Waals surface area (Å²) in [6.07, 6.45) is 5.37. The average molecular weight is 462 g/mol. The zero-order valence-electron chi connectivity index (χ0n) is 14.8. The van der Waals surface area contributed by atoms with E-state index in [2.05, 4.69) is 45.0 Å². The van der Waals surface area contributed by atoms with E-state index in [9.17, 15) is 0 Å². The molecule has 24 heavy (non-hydrogen) atoms. The summed E-state index contributed by atoms with van der Waals surface area (Å²) in [6.45, 7) is 6.78. The maximum Gasteiger partial charge on any atom is 0.191 e. The Balaban J connectivity index is 0.00000208. The summed E-state index contributed by atoms with van der Waals surface area (Å²) in [5.41, 5.74) is 0. The number of thiophene rings is 1. The molecular weight excluding hydrogens is 431 g/mol. The summed E-state index contributed by atoms with van der Waals surface area (Å²) in [4.78, 5) is 8.49. The first-order valence-electron chi connectivity index (χ1n) is 8.98. The van der Waals surface area contributed by atoms with Crippen molar-refractivity contribution in [3.05, 3.63) is 22.4 Å². The third-order valence-electron chi connectivity index (χ3n) is 5.07. The molecule has 136 valence electrons. The van der Waals surface area contributed by atoms with Crippen LogP contribution in [0.15, 0.2) is 22.5 Å². The van der Waals surface area contributed by atoms with Crippen LogP contribution in [0.2, 0.25) is 0 Å². The number of halogens is 1. The van der Waals surface area contributed by atoms with Crippen molar-refractivity contribution in [2.75, 3.05) is 33.2 Å². The molecule has 0 amide bonds. The van der Waals surface area contributed by atoms with Crippen LogP contribution in [-0.2, 0) is 0 Å². The fourth-order valence-corrected chi connectivity index (χ4v) is 4.07. The topological polar surface area (TPSA) is 39.7 Å². The van der Waals surface area contributed by atoms with E-state index in [4.69, 9.17) is 0 Å². The molecule has 1 aliphatic heterocycles. The molecule has 1 saturated carbocycles. The normalized spacial score (nSPS) is 21.2. The van der Waals surface area contributed by atoms with E-state index in [1.54, 1.807) is 0 Å². The SMILES string of the molecule is CN=C(NCC1CC1)NCC(c1cccs1)N1CCC(C)CC1.I. The van der Waals surface area contributed by atoms with Gasteiger partial charge in [-0.2, -0.15) is 0 Å². The van der Waals surface area contributed by atoms with E-state index in [0.29, 0.717) is 6.04 Å². The van der Waals surface area contributed by atoms with Crippen molar-refractivity contribution in [2.45, 2.75) is 38.6 Å². The van der Waals surface area contributed by atoms with Gasteiger partial charge in [0.2, 0.25) is 0 Å².